The first-order valence-corrected chi connectivity index (χ1v) is 6.07. The van der Waals surface area contributed by atoms with Crippen molar-refractivity contribution in [3.05, 3.63) is 0 Å². The van der Waals surface area contributed by atoms with Crippen molar-refractivity contribution in [2.75, 3.05) is 14.2 Å². The van der Waals surface area contributed by atoms with Crippen LogP contribution in [0.4, 0.5) is 0 Å². The highest BCUT2D eigenvalue weighted by Crippen LogP contribution is 2.49. The van der Waals surface area contributed by atoms with Gasteiger partial charge in [0.1, 0.15) is 0 Å². The number of alkyl halides is 1. The maximum Gasteiger partial charge on any atom is 0.312 e. The molecular weight excluding hydrogens is 296 g/mol. The van der Waals surface area contributed by atoms with Crippen LogP contribution in [-0.2, 0) is 23.8 Å². The van der Waals surface area contributed by atoms with Crippen LogP contribution in [0, 0.1) is 17.8 Å². The molecule has 6 nitrogen and oxygen atoms in total. The molecule has 96 valence electrons. The Morgan fingerprint density at radius 2 is 2.12 bits per heavy atom. The summed E-state index contributed by atoms with van der Waals surface area (Å²) in [6.45, 7) is 0. The Morgan fingerprint density at radius 1 is 1.47 bits per heavy atom. The predicted molar refractivity (Wildman–Crippen MR) is 58.1 cm³/mol. The molecule has 1 saturated heterocycles. The van der Waals surface area contributed by atoms with E-state index in [0.717, 1.165) is 0 Å². The molecule has 2 aliphatic rings. The number of cyclic esters (lactones) is 1. The summed E-state index contributed by atoms with van der Waals surface area (Å²) in [6, 6.07) is 0. The van der Waals surface area contributed by atoms with E-state index in [-0.39, 0.29) is 5.92 Å². The quantitative estimate of drug-likeness (QED) is 0.556. The molecule has 0 aromatic heterocycles. The van der Waals surface area contributed by atoms with Crippen molar-refractivity contribution in [1.82, 2.24) is 0 Å². The molecule has 1 aliphatic carbocycles. The minimum atomic E-state index is -0.983. The molecule has 2 fully saturated rings. The van der Waals surface area contributed by atoms with Gasteiger partial charge in [0.05, 0.1) is 35.8 Å². The maximum absolute atomic E-state index is 11.7. The highest BCUT2D eigenvalue weighted by Gasteiger charge is 2.63. The Labute approximate surface area is 106 Å². The molecule has 0 aromatic rings. The highest BCUT2D eigenvalue weighted by atomic mass is 79.9. The maximum atomic E-state index is 11.7. The van der Waals surface area contributed by atoms with Crippen molar-refractivity contribution in [1.29, 1.82) is 0 Å². The van der Waals surface area contributed by atoms with Gasteiger partial charge in [-0.1, -0.05) is 15.9 Å². The van der Waals surface area contributed by atoms with Crippen LogP contribution < -0.4 is 0 Å². The van der Waals surface area contributed by atoms with Gasteiger partial charge < -0.3 is 19.3 Å². The smallest absolute Gasteiger partial charge is 0.312 e. The summed E-state index contributed by atoms with van der Waals surface area (Å²) in [5.74, 6) is -3.14. The molecule has 6 atom stereocenters. The van der Waals surface area contributed by atoms with Gasteiger partial charge in [-0.05, 0) is 0 Å². The third-order valence-corrected chi connectivity index (χ3v) is 4.54. The molecule has 0 radical (unpaired) electrons. The topological polar surface area (TPSA) is 82.1 Å². The van der Waals surface area contributed by atoms with Crippen LogP contribution in [0.15, 0.2) is 0 Å². The van der Waals surface area contributed by atoms with Crippen molar-refractivity contribution < 1.29 is 28.9 Å². The average Bonchev–Trinajstić information content (AvgIpc) is 2.77. The first-order valence-electron chi connectivity index (χ1n) is 5.16. The number of carbonyl (C=O) groups is 2. The second-order valence-electron chi connectivity index (χ2n) is 4.13. The van der Waals surface area contributed by atoms with E-state index < -0.39 is 41.0 Å². The van der Waals surface area contributed by atoms with Crippen LogP contribution in [0.3, 0.4) is 0 Å². The van der Waals surface area contributed by atoms with Gasteiger partial charge in [-0.15, -0.1) is 0 Å². The fourth-order valence-corrected chi connectivity index (χ4v) is 3.50. The minimum Gasteiger partial charge on any atom is -0.469 e. The molecule has 0 bridgehead atoms. The Balaban J connectivity index is 2.32. The predicted octanol–water partition coefficient (Wildman–Crippen LogP) is -0.325. The van der Waals surface area contributed by atoms with E-state index in [4.69, 9.17) is 9.47 Å². The fourth-order valence-electron chi connectivity index (χ4n) is 2.60. The second kappa shape index (κ2) is 4.55. The standard InChI is InChI=1S/C10H13BrO6/c1-15-8(13)5-3-4(6(11)7(5)12)10(16-2)17-9(3)14/h3-7,10,12H,1-2H3/t3-,4+,5-,6+,7-,10-/m1/s1. The number of halogens is 1. The van der Waals surface area contributed by atoms with Crippen molar-refractivity contribution in [3.63, 3.8) is 0 Å². The van der Waals surface area contributed by atoms with Gasteiger partial charge in [-0.3, -0.25) is 9.59 Å². The van der Waals surface area contributed by atoms with E-state index in [1.54, 1.807) is 0 Å². The number of methoxy groups -OCH3 is 2. The van der Waals surface area contributed by atoms with Crippen LogP contribution in [0.25, 0.3) is 0 Å². The van der Waals surface area contributed by atoms with E-state index >= 15 is 0 Å². The SMILES string of the molecule is COC(=O)[C@H]1[C@@H](O)[C@@H](Br)[C@H]2[C@H](OC)OC(=O)[C@@H]12. The number of carbonyl (C=O) groups excluding carboxylic acids is 2. The Bertz CT molecular complexity index is 346. The number of hydrogen-bond acceptors (Lipinski definition) is 6. The summed E-state index contributed by atoms with van der Waals surface area (Å²) in [5, 5.41) is 9.98. The van der Waals surface area contributed by atoms with Crippen LogP contribution >= 0.6 is 15.9 Å². The third kappa shape index (κ3) is 1.76. The van der Waals surface area contributed by atoms with Gasteiger partial charge in [-0.25, -0.2) is 0 Å². The monoisotopic (exact) mass is 308 g/mol. The van der Waals surface area contributed by atoms with Crippen molar-refractivity contribution in [2.45, 2.75) is 17.2 Å². The lowest BCUT2D eigenvalue weighted by atomic mass is 9.91. The van der Waals surface area contributed by atoms with E-state index in [1.807, 2.05) is 0 Å². The number of fused-ring (bicyclic) bond motifs is 1. The zero-order valence-corrected chi connectivity index (χ0v) is 10.9. The number of hydrogen-bond donors (Lipinski definition) is 1. The minimum absolute atomic E-state index is 0.383. The van der Waals surface area contributed by atoms with E-state index in [2.05, 4.69) is 20.7 Å². The molecular formula is C10H13BrO6. The molecule has 1 heterocycles. The van der Waals surface area contributed by atoms with E-state index in [0.29, 0.717) is 0 Å². The van der Waals surface area contributed by atoms with Crippen LogP contribution in [-0.4, -0.2) is 48.5 Å². The van der Waals surface area contributed by atoms with Gasteiger partial charge in [0, 0.05) is 7.11 Å². The van der Waals surface area contributed by atoms with E-state index in [9.17, 15) is 14.7 Å². The van der Waals surface area contributed by atoms with Crippen molar-refractivity contribution in [2.24, 2.45) is 17.8 Å². The molecule has 2 rings (SSSR count). The molecule has 0 amide bonds. The molecule has 1 saturated carbocycles. The van der Waals surface area contributed by atoms with Crippen LogP contribution in [0.2, 0.25) is 0 Å². The Kier molecular flexibility index (Phi) is 3.42. The number of rotatable bonds is 2. The summed E-state index contributed by atoms with van der Waals surface area (Å²) in [5.41, 5.74) is 0. The largest absolute Gasteiger partial charge is 0.469 e. The second-order valence-corrected chi connectivity index (χ2v) is 5.19. The lowest BCUT2D eigenvalue weighted by Crippen LogP contribution is -2.34. The number of aliphatic hydroxyl groups is 1. The molecule has 0 unspecified atom stereocenters. The van der Waals surface area contributed by atoms with Gasteiger partial charge in [0.25, 0.3) is 0 Å². The normalized spacial score (nSPS) is 44.4. The lowest BCUT2D eigenvalue weighted by molar-refractivity contribution is -0.167. The molecule has 7 heteroatoms. The Hall–Kier alpha value is -0.660. The van der Waals surface area contributed by atoms with Crippen LogP contribution in [0.5, 0.6) is 0 Å². The number of esters is 2. The van der Waals surface area contributed by atoms with E-state index in [1.165, 1.54) is 14.2 Å². The van der Waals surface area contributed by atoms with Crippen LogP contribution in [0.1, 0.15) is 0 Å². The number of ether oxygens (including phenoxy) is 3. The third-order valence-electron chi connectivity index (χ3n) is 3.39. The molecule has 1 N–H and O–H groups in total. The van der Waals surface area contributed by atoms with Crippen molar-refractivity contribution in [3.8, 4) is 0 Å². The molecule has 1 aliphatic heterocycles. The van der Waals surface area contributed by atoms with Gasteiger partial charge >= 0.3 is 11.9 Å². The first-order chi connectivity index (χ1) is 8.02. The summed E-state index contributed by atoms with van der Waals surface area (Å²) in [6.07, 6.45) is -1.72. The molecule has 0 aromatic carbocycles. The zero-order chi connectivity index (χ0) is 12.7. The first kappa shape index (κ1) is 12.8. The highest BCUT2D eigenvalue weighted by molar-refractivity contribution is 9.09. The lowest BCUT2D eigenvalue weighted by Gasteiger charge is -2.19. The fraction of sp³-hybridized carbons (Fsp3) is 0.800. The van der Waals surface area contributed by atoms with Gasteiger partial charge in [0.2, 0.25) is 6.29 Å². The number of aliphatic hydroxyl groups excluding tert-OH is 1. The zero-order valence-electron chi connectivity index (χ0n) is 9.33. The van der Waals surface area contributed by atoms with Crippen molar-refractivity contribution >= 4 is 27.9 Å². The van der Waals surface area contributed by atoms with Gasteiger partial charge in [0.15, 0.2) is 0 Å². The van der Waals surface area contributed by atoms with Gasteiger partial charge in [-0.2, -0.15) is 0 Å². The summed E-state index contributed by atoms with van der Waals surface area (Å²) in [4.78, 5) is 22.9. The summed E-state index contributed by atoms with van der Waals surface area (Å²) < 4.78 is 14.7. The summed E-state index contributed by atoms with van der Waals surface area (Å²) >= 11 is 3.29. The summed E-state index contributed by atoms with van der Waals surface area (Å²) in [7, 11) is 2.64. The molecule has 17 heavy (non-hydrogen) atoms. The molecule has 0 spiro atoms. The average molecular weight is 309 g/mol. The Morgan fingerprint density at radius 3 is 2.65 bits per heavy atom.